The third-order valence-corrected chi connectivity index (χ3v) is 3.67. The summed E-state index contributed by atoms with van der Waals surface area (Å²) in [5.41, 5.74) is 2.31. The summed E-state index contributed by atoms with van der Waals surface area (Å²) >= 11 is 0. The predicted octanol–water partition coefficient (Wildman–Crippen LogP) is 2.00. The van der Waals surface area contributed by atoms with Crippen molar-refractivity contribution < 1.29 is 4.79 Å². The van der Waals surface area contributed by atoms with E-state index in [9.17, 15) is 4.79 Å². The molecule has 1 N–H and O–H groups in total. The maximum absolute atomic E-state index is 12.2. The highest BCUT2D eigenvalue weighted by atomic mass is 16.2. The van der Waals surface area contributed by atoms with Crippen LogP contribution in [0.3, 0.4) is 0 Å². The first-order chi connectivity index (χ1) is 8.34. The van der Waals surface area contributed by atoms with Gasteiger partial charge in [0.2, 0.25) is 5.91 Å². The van der Waals surface area contributed by atoms with Gasteiger partial charge in [-0.2, -0.15) is 0 Å². The molecule has 1 saturated carbocycles. The standard InChI is InChI=1S/C13H13N3O/c17-11-4-1-8-7-15-10-5-6-14-13(12(8)10)16(11)9-2-3-9/h5-7,9,15H,1-4H2. The minimum atomic E-state index is 0.226. The number of nitrogens with one attached hydrogen (secondary N) is 1. The van der Waals surface area contributed by atoms with E-state index in [4.69, 9.17) is 0 Å². The van der Waals surface area contributed by atoms with E-state index in [1.807, 2.05) is 17.2 Å². The fourth-order valence-electron chi connectivity index (χ4n) is 2.69. The number of carbonyl (C=O) groups is 1. The highest BCUT2D eigenvalue weighted by Crippen LogP contribution is 2.38. The second-order valence-corrected chi connectivity index (χ2v) is 4.87. The van der Waals surface area contributed by atoms with Crippen molar-refractivity contribution in [1.82, 2.24) is 9.97 Å². The Hall–Kier alpha value is -1.84. The van der Waals surface area contributed by atoms with Gasteiger partial charge in [-0.25, -0.2) is 4.98 Å². The summed E-state index contributed by atoms with van der Waals surface area (Å²) in [6.45, 7) is 0. The Morgan fingerprint density at radius 1 is 1.35 bits per heavy atom. The molecular weight excluding hydrogens is 214 g/mol. The maximum atomic E-state index is 12.2. The van der Waals surface area contributed by atoms with Crippen molar-refractivity contribution in [2.24, 2.45) is 0 Å². The first-order valence-corrected chi connectivity index (χ1v) is 6.11. The summed E-state index contributed by atoms with van der Waals surface area (Å²) in [6, 6.07) is 2.37. The van der Waals surface area contributed by atoms with Gasteiger partial charge in [-0.15, -0.1) is 0 Å². The number of aromatic amines is 1. The smallest absolute Gasteiger partial charge is 0.228 e. The van der Waals surface area contributed by atoms with Crippen molar-refractivity contribution in [2.45, 2.75) is 31.7 Å². The molecule has 0 spiro atoms. The van der Waals surface area contributed by atoms with Gasteiger partial charge < -0.3 is 4.98 Å². The molecule has 2 aliphatic rings. The molecule has 4 heteroatoms. The van der Waals surface area contributed by atoms with Crippen LogP contribution in [0.4, 0.5) is 5.82 Å². The molecule has 86 valence electrons. The molecule has 2 aromatic heterocycles. The van der Waals surface area contributed by atoms with Crippen LogP contribution in [0.25, 0.3) is 10.9 Å². The van der Waals surface area contributed by atoms with Crippen molar-refractivity contribution in [3.63, 3.8) is 0 Å². The molecular formula is C13H13N3O. The topological polar surface area (TPSA) is 49.0 Å². The molecule has 2 aromatic rings. The van der Waals surface area contributed by atoms with Crippen molar-refractivity contribution in [1.29, 1.82) is 0 Å². The second kappa shape index (κ2) is 3.09. The first-order valence-electron chi connectivity index (χ1n) is 6.11. The molecule has 0 bridgehead atoms. The fourth-order valence-corrected chi connectivity index (χ4v) is 2.69. The minimum Gasteiger partial charge on any atom is -0.361 e. The molecule has 0 unspecified atom stereocenters. The number of anilines is 1. The van der Waals surface area contributed by atoms with Gasteiger partial charge in [-0.1, -0.05) is 0 Å². The zero-order valence-electron chi connectivity index (χ0n) is 9.44. The normalized spacial score (nSPS) is 19.8. The van der Waals surface area contributed by atoms with Gasteiger partial charge in [0.1, 0.15) is 5.82 Å². The summed E-state index contributed by atoms with van der Waals surface area (Å²) in [7, 11) is 0. The van der Waals surface area contributed by atoms with Gasteiger partial charge in [-0.3, -0.25) is 9.69 Å². The molecule has 1 aliphatic heterocycles. The highest BCUT2D eigenvalue weighted by Gasteiger charge is 2.37. The lowest BCUT2D eigenvalue weighted by molar-refractivity contribution is -0.118. The molecule has 1 aliphatic carbocycles. The molecule has 4 rings (SSSR count). The van der Waals surface area contributed by atoms with E-state index >= 15 is 0 Å². The maximum Gasteiger partial charge on any atom is 0.228 e. The monoisotopic (exact) mass is 227 g/mol. The molecule has 1 fully saturated rings. The Morgan fingerprint density at radius 2 is 2.24 bits per heavy atom. The molecule has 1 amide bonds. The molecule has 17 heavy (non-hydrogen) atoms. The van der Waals surface area contributed by atoms with E-state index in [0.717, 1.165) is 36.0 Å². The fraction of sp³-hybridized carbons (Fsp3) is 0.385. The zero-order chi connectivity index (χ0) is 11.4. The van der Waals surface area contributed by atoms with E-state index < -0.39 is 0 Å². The third kappa shape index (κ3) is 1.24. The average molecular weight is 227 g/mol. The van der Waals surface area contributed by atoms with Crippen LogP contribution in [0.15, 0.2) is 18.5 Å². The van der Waals surface area contributed by atoms with Crippen LogP contribution >= 0.6 is 0 Å². The lowest BCUT2D eigenvalue weighted by atomic mass is 10.1. The molecule has 0 saturated heterocycles. The number of aryl methyl sites for hydroxylation is 1. The number of rotatable bonds is 1. The van der Waals surface area contributed by atoms with Gasteiger partial charge in [0.05, 0.1) is 5.52 Å². The second-order valence-electron chi connectivity index (χ2n) is 4.87. The number of carbonyl (C=O) groups excluding carboxylic acids is 1. The quantitative estimate of drug-likeness (QED) is 0.810. The minimum absolute atomic E-state index is 0.226. The molecule has 3 heterocycles. The van der Waals surface area contributed by atoms with Crippen LogP contribution in [0.1, 0.15) is 24.8 Å². The van der Waals surface area contributed by atoms with Gasteiger partial charge in [0, 0.05) is 30.2 Å². The Bertz CT molecular complexity index is 612. The van der Waals surface area contributed by atoms with Crippen molar-refractivity contribution >= 4 is 22.6 Å². The summed E-state index contributed by atoms with van der Waals surface area (Å²) in [6.07, 6.45) is 7.44. The molecule has 0 aromatic carbocycles. The number of aromatic nitrogens is 2. The van der Waals surface area contributed by atoms with Crippen LogP contribution < -0.4 is 4.90 Å². The first kappa shape index (κ1) is 9.22. The third-order valence-electron chi connectivity index (χ3n) is 3.67. The average Bonchev–Trinajstić information content (AvgIpc) is 3.08. The van der Waals surface area contributed by atoms with Crippen LogP contribution in [-0.4, -0.2) is 21.9 Å². The van der Waals surface area contributed by atoms with Gasteiger partial charge in [-0.05, 0) is 30.9 Å². The molecule has 0 atom stereocenters. The Kier molecular flexibility index (Phi) is 1.68. The number of hydrogen-bond acceptors (Lipinski definition) is 2. The lowest BCUT2D eigenvalue weighted by Gasteiger charge is -2.20. The number of H-pyrrole nitrogens is 1. The van der Waals surface area contributed by atoms with E-state index in [0.29, 0.717) is 12.5 Å². The van der Waals surface area contributed by atoms with Crippen LogP contribution in [0.5, 0.6) is 0 Å². The van der Waals surface area contributed by atoms with E-state index in [2.05, 4.69) is 9.97 Å². The van der Waals surface area contributed by atoms with E-state index in [-0.39, 0.29) is 5.91 Å². The summed E-state index contributed by atoms with van der Waals surface area (Å²) in [5, 5.41) is 1.14. The summed E-state index contributed by atoms with van der Waals surface area (Å²) < 4.78 is 0. The van der Waals surface area contributed by atoms with Crippen LogP contribution in [0, 0.1) is 0 Å². The number of amides is 1. The van der Waals surface area contributed by atoms with E-state index in [1.54, 1.807) is 6.20 Å². The van der Waals surface area contributed by atoms with Gasteiger partial charge >= 0.3 is 0 Å². The lowest BCUT2D eigenvalue weighted by Crippen LogP contribution is -2.33. The molecule has 0 radical (unpaired) electrons. The van der Waals surface area contributed by atoms with Gasteiger partial charge in [0.15, 0.2) is 0 Å². The Morgan fingerprint density at radius 3 is 3.06 bits per heavy atom. The van der Waals surface area contributed by atoms with Crippen LogP contribution in [-0.2, 0) is 11.2 Å². The summed E-state index contributed by atoms with van der Waals surface area (Å²) in [5.74, 6) is 1.09. The Labute approximate surface area is 98.6 Å². The number of pyridine rings is 1. The largest absolute Gasteiger partial charge is 0.361 e. The predicted molar refractivity (Wildman–Crippen MR) is 64.9 cm³/mol. The SMILES string of the molecule is O=C1CCc2c[nH]c3ccnc(c23)N1C1CC1. The molecule has 4 nitrogen and oxygen atoms in total. The van der Waals surface area contributed by atoms with Crippen molar-refractivity contribution in [3.8, 4) is 0 Å². The number of hydrogen-bond donors (Lipinski definition) is 1. The summed E-state index contributed by atoms with van der Waals surface area (Å²) in [4.78, 5) is 21.8. The zero-order valence-corrected chi connectivity index (χ0v) is 9.44. The van der Waals surface area contributed by atoms with Crippen molar-refractivity contribution in [2.75, 3.05) is 4.90 Å². The number of nitrogens with zero attached hydrogens (tertiary/aromatic N) is 2. The van der Waals surface area contributed by atoms with Crippen molar-refractivity contribution in [3.05, 3.63) is 24.0 Å². The van der Waals surface area contributed by atoms with E-state index in [1.165, 1.54) is 5.56 Å². The Balaban J connectivity index is 2.02. The van der Waals surface area contributed by atoms with Gasteiger partial charge in [0.25, 0.3) is 0 Å². The van der Waals surface area contributed by atoms with Crippen LogP contribution in [0.2, 0.25) is 0 Å². The highest BCUT2D eigenvalue weighted by molar-refractivity contribution is 6.05.